The predicted octanol–water partition coefficient (Wildman–Crippen LogP) is 3.35. The van der Waals surface area contributed by atoms with E-state index in [4.69, 9.17) is 4.74 Å². The highest BCUT2D eigenvalue weighted by Crippen LogP contribution is 2.44. The number of aliphatic hydroxyl groups excluding tert-OH is 1. The van der Waals surface area contributed by atoms with Crippen molar-refractivity contribution in [3.05, 3.63) is 40.5 Å². The van der Waals surface area contributed by atoms with Crippen LogP contribution in [0, 0.1) is 16.7 Å². The Hall–Kier alpha value is -1.48. The van der Waals surface area contributed by atoms with Gasteiger partial charge >= 0.3 is 0 Å². The lowest BCUT2D eigenvalue weighted by Crippen LogP contribution is -2.34. The number of rotatable bonds is 2. The maximum absolute atomic E-state index is 10.9. The number of halogens is 1. The van der Waals surface area contributed by atoms with Crippen LogP contribution in [0.15, 0.2) is 34.9 Å². The number of hydrogen-bond acceptors (Lipinski definition) is 4. The maximum atomic E-state index is 10.9. The SMILES string of the molecule is N#CC1(C(O)c2ccc(Br)c3cccnc23)CCOCC1. The topological polar surface area (TPSA) is 66.1 Å². The Bertz CT molecular complexity index is 705. The number of pyridine rings is 1. The van der Waals surface area contributed by atoms with Crippen molar-refractivity contribution in [3.8, 4) is 6.07 Å². The van der Waals surface area contributed by atoms with Crippen LogP contribution in [-0.4, -0.2) is 23.3 Å². The first kappa shape index (κ1) is 14.5. The average molecular weight is 347 g/mol. The van der Waals surface area contributed by atoms with Gasteiger partial charge in [0.1, 0.15) is 0 Å². The largest absolute Gasteiger partial charge is 0.387 e. The van der Waals surface area contributed by atoms with Crippen molar-refractivity contribution < 1.29 is 9.84 Å². The minimum Gasteiger partial charge on any atom is -0.387 e. The summed E-state index contributed by atoms with van der Waals surface area (Å²) in [4.78, 5) is 4.39. The second-order valence-corrected chi connectivity index (χ2v) is 6.17. The number of ether oxygens (including phenoxy) is 1. The van der Waals surface area contributed by atoms with E-state index in [0.29, 0.717) is 31.6 Å². The number of benzene rings is 1. The summed E-state index contributed by atoms with van der Waals surface area (Å²) < 4.78 is 6.26. The van der Waals surface area contributed by atoms with E-state index in [1.54, 1.807) is 6.20 Å². The molecule has 0 saturated carbocycles. The van der Waals surface area contributed by atoms with Crippen molar-refractivity contribution in [2.45, 2.75) is 18.9 Å². The van der Waals surface area contributed by atoms with Crippen LogP contribution >= 0.6 is 15.9 Å². The fraction of sp³-hybridized carbons (Fsp3) is 0.375. The number of nitriles is 1. The Morgan fingerprint density at radius 3 is 2.81 bits per heavy atom. The van der Waals surface area contributed by atoms with Gasteiger partial charge in [-0.2, -0.15) is 5.26 Å². The van der Waals surface area contributed by atoms with E-state index >= 15 is 0 Å². The lowest BCUT2D eigenvalue weighted by atomic mass is 9.74. The first-order chi connectivity index (χ1) is 10.2. The molecule has 1 fully saturated rings. The summed E-state index contributed by atoms with van der Waals surface area (Å²) in [6.45, 7) is 1.01. The molecule has 1 aliphatic heterocycles. The fourth-order valence-corrected chi connectivity index (χ4v) is 3.31. The highest BCUT2D eigenvalue weighted by atomic mass is 79.9. The highest BCUT2D eigenvalue weighted by Gasteiger charge is 2.41. The van der Waals surface area contributed by atoms with Gasteiger partial charge in [-0.1, -0.05) is 28.1 Å². The van der Waals surface area contributed by atoms with E-state index < -0.39 is 11.5 Å². The molecule has 2 heterocycles. The first-order valence-electron chi connectivity index (χ1n) is 6.88. The molecule has 1 N–H and O–H groups in total. The molecule has 21 heavy (non-hydrogen) atoms. The minimum absolute atomic E-state index is 0.506. The Balaban J connectivity index is 2.12. The number of fused-ring (bicyclic) bond motifs is 1. The van der Waals surface area contributed by atoms with Crippen LogP contribution in [-0.2, 0) is 4.74 Å². The molecule has 0 bridgehead atoms. The van der Waals surface area contributed by atoms with Crippen molar-refractivity contribution in [2.24, 2.45) is 5.41 Å². The van der Waals surface area contributed by atoms with Gasteiger partial charge < -0.3 is 9.84 Å². The molecule has 0 spiro atoms. The quantitative estimate of drug-likeness (QED) is 0.905. The Morgan fingerprint density at radius 2 is 2.10 bits per heavy atom. The summed E-state index contributed by atoms with van der Waals surface area (Å²) in [6.07, 6.45) is 1.91. The molecule has 3 rings (SSSR count). The average Bonchev–Trinajstić information content (AvgIpc) is 2.55. The van der Waals surface area contributed by atoms with Gasteiger partial charge in [0.05, 0.1) is 23.1 Å². The van der Waals surface area contributed by atoms with Crippen LogP contribution < -0.4 is 0 Å². The Kier molecular flexibility index (Phi) is 3.94. The van der Waals surface area contributed by atoms with Gasteiger partial charge in [0.25, 0.3) is 0 Å². The molecule has 1 saturated heterocycles. The van der Waals surface area contributed by atoms with Crippen LogP contribution in [0.2, 0.25) is 0 Å². The molecular formula is C16H15BrN2O2. The maximum Gasteiger partial charge on any atom is 0.0999 e. The van der Waals surface area contributed by atoms with E-state index in [2.05, 4.69) is 27.0 Å². The molecule has 5 heteroatoms. The third kappa shape index (κ3) is 2.44. The smallest absolute Gasteiger partial charge is 0.0999 e. The molecule has 1 aliphatic rings. The second-order valence-electron chi connectivity index (χ2n) is 5.32. The molecule has 0 aliphatic carbocycles. The van der Waals surface area contributed by atoms with Crippen molar-refractivity contribution in [1.82, 2.24) is 4.98 Å². The van der Waals surface area contributed by atoms with Crippen molar-refractivity contribution in [3.63, 3.8) is 0 Å². The van der Waals surface area contributed by atoms with E-state index in [0.717, 1.165) is 15.4 Å². The molecule has 2 aromatic rings. The summed E-state index contributed by atoms with van der Waals surface area (Å²) in [5, 5.41) is 21.4. The number of nitrogens with zero attached hydrogens (tertiary/aromatic N) is 2. The van der Waals surface area contributed by atoms with Gasteiger partial charge in [-0.05, 0) is 25.0 Å². The first-order valence-corrected chi connectivity index (χ1v) is 7.67. The molecule has 0 amide bonds. The summed E-state index contributed by atoms with van der Waals surface area (Å²) >= 11 is 3.50. The third-order valence-corrected chi connectivity index (χ3v) is 4.86. The summed E-state index contributed by atoms with van der Waals surface area (Å²) in [5.41, 5.74) is 0.647. The van der Waals surface area contributed by atoms with Crippen LogP contribution in [0.1, 0.15) is 24.5 Å². The lowest BCUT2D eigenvalue weighted by Gasteiger charge is -2.35. The van der Waals surface area contributed by atoms with Crippen LogP contribution in [0.3, 0.4) is 0 Å². The van der Waals surface area contributed by atoms with E-state index in [1.165, 1.54) is 0 Å². The second kappa shape index (κ2) is 5.72. The van der Waals surface area contributed by atoms with E-state index in [9.17, 15) is 10.4 Å². The van der Waals surface area contributed by atoms with Crippen LogP contribution in [0.5, 0.6) is 0 Å². The molecule has 4 nitrogen and oxygen atoms in total. The van der Waals surface area contributed by atoms with Crippen molar-refractivity contribution in [2.75, 3.05) is 13.2 Å². The van der Waals surface area contributed by atoms with Gasteiger partial charge in [-0.3, -0.25) is 4.98 Å². The zero-order valence-electron chi connectivity index (χ0n) is 11.4. The minimum atomic E-state index is -0.864. The van der Waals surface area contributed by atoms with E-state index in [1.807, 2.05) is 24.3 Å². The summed E-state index contributed by atoms with van der Waals surface area (Å²) in [6, 6.07) is 9.88. The summed E-state index contributed by atoms with van der Waals surface area (Å²) in [7, 11) is 0. The third-order valence-electron chi connectivity index (χ3n) is 4.17. The summed E-state index contributed by atoms with van der Waals surface area (Å²) in [5.74, 6) is 0. The zero-order chi connectivity index (χ0) is 14.9. The molecule has 1 aromatic carbocycles. The molecule has 108 valence electrons. The molecule has 1 unspecified atom stereocenters. The molecule has 0 radical (unpaired) electrons. The van der Waals surface area contributed by atoms with Crippen LogP contribution in [0.25, 0.3) is 10.9 Å². The van der Waals surface area contributed by atoms with Gasteiger partial charge in [0.15, 0.2) is 0 Å². The number of hydrogen-bond donors (Lipinski definition) is 1. The fourth-order valence-electron chi connectivity index (χ4n) is 2.86. The molecular weight excluding hydrogens is 332 g/mol. The number of aromatic nitrogens is 1. The van der Waals surface area contributed by atoms with Gasteiger partial charge in [-0.25, -0.2) is 0 Å². The molecule has 1 aromatic heterocycles. The monoisotopic (exact) mass is 346 g/mol. The van der Waals surface area contributed by atoms with Crippen molar-refractivity contribution >= 4 is 26.8 Å². The predicted molar refractivity (Wildman–Crippen MR) is 82.5 cm³/mol. The standard InChI is InChI=1S/C16H15BrN2O2/c17-13-4-3-12(14-11(13)2-1-7-19-14)15(20)16(10-18)5-8-21-9-6-16/h1-4,7,15,20H,5-6,8-9H2. The normalized spacial score (nSPS) is 19.1. The van der Waals surface area contributed by atoms with Gasteiger partial charge in [0.2, 0.25) is 0 Å². The molecule has 1 atom stereocenters. The zero-order valence-corrected chi connectivity index (χ0v) is 13.0. The highest BCUT2D eigenvalue weighted by molar-refractivity contribution is 9.10. The van der Waals surface area contributed by atoms with E-state index in [-0.39, 0.29) is 0 Å². The number of aliphatic hydroxyl groups is 1. The van der Waals surface area contributed by atoms with Crippen LogP contribution in [0.4, 0.5) is 0 Å². The van der Waals surface area contributed by atoms with Gasteiger partial charge in [-0.15, -0.1) is 0 Å². The van der Waals surface area contributed by atoms with Crippen molar-refractivity contribution in [1.29, 1.82) is 5.26 Å². The lowest BCUT2D eigenvalue weighted by molar-refractivity contribution is -0.0305. The Labute approximate surface area is 131 Å². The Morgan fingerprint density at radius 1 is 1.33 bits per heavy atom. The van der Waals surface area contributed by atoms with Gasteiger partial charge in [0, 0.05) is 34.8 Å².